The predicted octanol–water partition coefficient (Wildman–Crippen LogP) is 3.52. The molecule has 5 heteroatoms. The van der Waals surface area contributed by atoms with Crippen LogP contribution in [0.15, 0.2) is 36.4 Å². The number of hydrogen-bond donors (Lipinski definition) is 1. The number of nitrogens with zero attached hydrogens (tertiary/aromatic N) is 1. The normalized spacial score (nSPS) is 17.2. The Morgan fingerprint density at radius 1 is 1.15 bits per heavy atom. The summed E-state index contributed by atoms with van der Waals surface area (Å²) in [6.07, 6.45) is 0.451. The number of benzene rings is 2. The zero-order valence-electron chi connectivity index (χ0n) is 10.4. The van der Waals surface area contributed by atoms with Gasteiger partial charge in [0.05, 0.1) is 11.0 Å². The second-order valence-electron chi connectivity index (χ2n) is 4.82. The van der Waals surface area contributed by atoms with Gasteiger partial charge in [0.15, 0.2) is 17.7 Å². The summed E-state index contributed by atoms with van der Waals surface area (Å²) in [5.41, 5.74) is 1.98. The molecule has 1 N–H and O–H groups in total. The molecule has 4 rings (SSSR count). The molecule has 1 unspecified atom stereocenters. The molecule has 1 aliphatic heterocycles. The van der Waals surface area contributed by atoms with Crippen molar-refractivity contribution in [2.75, 3.05) is 0 Å². The van der Waals surface area contributed by atoms with Crippen molar-refractivity contribution < 1.29 is 13.5 Å². The smallest absolute Gasteiger partial charge is 0.161 e. The van der Waals surface area contributed by atoms with Gasteiger partial charge in [-0.2, -0.15) is 0 Å². The molecule has 20 heavy (non-hydrogen) atoms. The zero-order valence-corrected chi connectivity index (χ0v) is 10.4. The third-order valence-corrected chi connectivity index (χ3v) is 3.49. The number of fused-ring (bicyclic) bond motifs is 2. The molecule has 100 valence electrons. The molecule has 3 nitrogen and oxygen atoms in total. The molecule has 0 fully saturated rings. The molecule has 0 bridgehead atoms. The standard InChI is InChI=1S/C15H10F2N2O/c16-9-6-11-12(7-10(9)17)19-15(18-11)14-5-8-3-1-2-4-13(8)20-14/h1-4,6-7,14H,5H2,(H,18,19). The Kier molecular flexibility index (Phi) is 2.30. The van der Waals surface area contributed by atoms with Gasteiger partial charge in [0, 0.05) is 18.6 Å². The van der Waals surface area contributed by atoms with Gasteiger partial charge in [-0.25, -0.2) is 13.8 Å². The maximum absolute atomic E-state index is 13.2. The van der Waals surface area contributed by atoms with E-state index in [4.69, 9.17) is 4.74 Å². The highest BCUT2D eigenvalue weighted by molar-refractivity contribution is 5.75. The second-order valence-corrected chi connectivity index (χ2v) is 4.82. The van der Waals surface area contributed by atoms with Gasteiger partial charge >= 0.3 is 0 Å². The number of ether oxygens (including phenoxy) is 1. The van der Waals surface area contributed by atoms with Crippen LogP contribution in [0.3, 0.4) is 0 Å². The first-order valence-corrected chi connectivity index (χ1v) is 6.30. The van der Waals surface area contributed by atoms with Gasteiger partial charge in [0.25, 0.3) is 0 Å². The van der Waals surface area contributed by atoms with Crippen molar-refractivity contribution in [2.24, 2.45) is 0 Å². The lowest BCUT2D eigenvalue weighted by molar-refractivity contribution is 0.229. The van der Waals surface area contributed by atoms with Gasteiger partial charge < -0.3 is 9.72 Å². The molecule has 0 amide bonds. The van der Waals surface area contributed by atoms with Crippen molar-refractivity contribution in [1.82, 2.24) is 9.97 Å². The summed E-state index contributed by atoms with van der Waals surface area (Å²) >= 11 is 0. The van der Waals surface area contributed by atoms with Crippen LogP contribution in [-0.4, -0.2) is 9.97 Å². The van der Waals surface area contributed by atoms with Crippen LogP contribution in [0.4, 0.5) is 8.78 Å². The van der Waals surface area contributed by atoms with Gasteiger partial charge in [-0.3, -0.25) is 0 Å². The molecule has 2 heterocycles. The Morgan fingerprint density at radius 3 is 2.80 bits per heavy atom. The van der Waals surface area contributed by atoms with E-state index >= 15 is 0 Å². The first kappa shape index (κ1) is 11.4. The summed E-state index contributed by atoms with van der Waals surface area (Å²) in [7, 11) is 0. The largest absolute Gasteiger partial charge is 0.482 e. The number of hydrogen-bond acceptors (Lipinski definition) is 2. The summed E-state index contributed by atoms with van der Waals surface area (Å²) in [4.78, 5) is 7.29. The number of nitrogens with one attached hydrogen (secondary N) is 1. The van der Waals surface area contributed by atoms with Gasteiger partial charge in [-0.1, -0.05) is 18.2 Å². The Balaban J connectivity index is 1.74. The number of aromatic amines is 1. The predicted molar refractivity (Wildman–Crippen MR) is 69.5 cm³/mol. The molecule has 0 saturated heterocycles. The summed E-state index contributed by atoms with van der Waals surface area (Å²) in [6, 6.07) is 9.96. The van der Waals surface area contributed by atoms with Crippen LogP contribution >= 0.6 is 0 Å². The molecular weight excluding hydrogens is 262 g/mol. The SMILES string of the molecule is Fc1cc2nc(C3Cc4ccccc4O3)[nH]c2cc1F. The second kappa shape index (κ2) is 4.03. The Hall–Kier alpha value is -2.43. The maximum atomic E-state index is 13.2. The molecule has 0 spiro atoms. The fourth-order valence-electron chi connectivity index (χ4n) is 2.51. The molecule has 1 aromatic heterocycles. The lowest BCUT2D eigenvalue weighted by Crippen LogP contribution is -2.05. The monoisotopic (exact) mass is 272 g/mol. The van der Waals surface area contributed by atoms with E-state index in [2.05, 4.69) is 9.97 Å². The van der Waals surface area contributed by atoms with Gasteiger partial charge in [0.2, 0.25) is 0 Å². The van der Waals surface area contributed by atoms with Gasteiger partial charge in [-0.15, -0.1) is 0 Å². The average molecular weight is 272 g/mol. The minimum Gasteiger partial charge on any atom is -0.482 e. The van der Waals surface area contributed by atoms with Crippen LogP contribution in [0.25, 0.3) is 11.0 Å². The molecule has 0 saturated carbocycles. The Morgan fingerprint density at radius 2 is 1.95 bits per heavy atom. The van der Waals surface area contributed by atoms with Crippen LogP contribution in [0.2, 0.25) is 0 Å². The van der Waals surface area contributed by atoms with Crippen molar-refractivity contribution in [2.45, 2.75) is 12.5 Å². The van der Waals surface area contributed by atoms with Crippen LogP contribution in [-0.2, 0) is 6.42 Å². The Labute approximate surface area is 113 Å². The number of halogens is 2. The van der Waals surface area contributed by atoms with Crippen molar-refractivity contribution in [1.29, 1.82) is 0 Å². The third-order valence-electron chi connectivity index (χ3n) is 3.49. The fourth-order valence-corrected chi connectivity index (χ4v) is 2.51. The highest BCUT2D eigenvalue weighted by atomic mass is 19.2. The van der Waals surface area contributed by atoms with Crippen LogP contribution < -0.4 is 4.74 Å². The molecule has 0 aliphatic carbocycles. The highest BCUT2D eigenvalue weighted by Gasteiger charge is 2.26. The number of H-pyrrole nitrogens is 1. The minimum absolute atomic E-state index is 0.245. The number of aromatic nitrogens is 2. The van der Waals surface area contributed by atoms with E-state index in [0.29, 0.717) is 23.3 Å². The molecule has 2 aromatic carbocycles. The first-order valence-electron chi connectivity index (χ1n) is 6.30. The van der Waals surface area contributed by atoms with Crippen LogP contribution in [0, 0.1) is 11.6 Å². The number of imidazole rings is 1. The van der Waals surface area contributed by atoms with E-state index in [-0.39, 0.29) is 6.10 Å². The fraction of sp³-hybridized carbons (Fsp3) is 0.133. The van der Waals surface area contributed by atoms with Crippen molar-refractivity contribution in [3.05, 3.63) is 59.4 Å². The van der Waals surface area contributed by atoms with E-state index in [0.717, 1.165) is 23.4 Å². The lowest BCUT2D eigenvalue weighted by atomic mass is 10.1. The zero-order chi connectivity index (χ0) is 13.7. The highest BCUT2D eigenvalue weighted by Crippen LogP contribution is 2.35. The average Bonchev–Trinajstić information content (AvgIpc) is 3.02. The van der Waals surface area contributed by atoms with E-state index in [1.54, 1.807) is 0 Å². The molecule has 1 aliphatic rings. The van der Waals surface area contributed by atoms with Crippen molar-refractivity contribution >= 4 is 11.0 Å². The summed E-state index contributed by atoms with van der Waals surface area (Å²) in [6.45, 7) is 0. The quantitative estimate of drug-likeness (QED) is 0.736. The van der Waals surface area contributed by atoms with Crippen LogP contribution in [0.5, 0.6) is 5.75 Å². The summed E-state index contributed by atoms with van der Waals surface area (Å²) in [5.74, 6) is -0.369. The van der Waals surface area contributed by atoms with Crippen molar-refractivity contribution in [3.63, 3.8) is 0 Å². The third kappa shape index (κ3) is 1.66. The van der Waals surface area contributed by atoms with Gasteiger partial charge in [-0.05, 0) is 11.6 Å². The number of rotatable bonds is 1. The summed E-state index contributed by atoms with van der Waals surface area (Å²) < 4.78 is 32.2. The summed E-state index contributed by atoms with van der Waals surface area (Å²) in [5, 5.41) is 0. The van der Waals surface area contributed by atoms with E-state index in [1.807, 2.05) is 24.3 Å². The molecule has 0 radical (unpaired) electrons. The lowest BCUT2D eigenvalue weighted by Gasteiger charge is -2.06. The topological polar surface area (TPSA) is 37.9 Å². The van der Waals surface area contributed by atoms with E-state index in [9.17, 15) is 8.78 Å². The van der Waals surface area contributed by atoms with E-state index < -0.39 is 11.6 Å². The molecule has 3 aromatic rings. The molecular formula is C15H10F2N2O. The molecule has 1 atom stereocenters. The number of para-hydroxylation sites is 1. The minimum atomic E-state index is -0.897. The van der Waals surface area contributed by atoms with E-state index in [1.165, 1.54) is 0 Å². The maximum Gasteiger partial charge on any atom is 0.161 e. The Bertz CT molecular complexity index is 749. The van der Waals surface area contributed by atoms with Crippen LogP contribution in [0.1, 0.15) is 17.5 Å². The first-order chi connectivity index (χ1) is 9.70. The van der Waals surface area contributed by atoms with Crippen molar-refractivity contribution in [3.8, 4) is 5.75 Å². The van der Waals surface area contributed by atoms with Gasteiger partial charge in [0.1, 0.15) is 11.6 Å².